The summed E-state index contributed by atoms with van der Waals surface area (Å²) < 4.78 is 45.8. The molecule has 0 unspecified atom stereocenters. The highest BCUT2D eigenvalue weighted by Gasteiger charge is 2.35. The summed E-state index contributed by atoms with van der Waals surface area (Å²) in [5.41, 5.74) is 1.99. The van der Waals surface area contributed by atoms with Crippen LogP contribution in [0.2, 0.25) is 5.02 Å². The standard InChI is InChI=1S/C28H21ClF3NO3/c1-27(2)13-16(25-19(14-27)24(26(34)35)18-5-3-4-6-22(18)33-25)11-17-8-10-23(36-17)15-7-9-21(29)20(12-15)28(30,31)32/h3-12H,13-14H2,1-2H3,(H,34,35)/b16-11+. The van der Waals surface area contributed by atoms with Crippen LogP contribution in [0.3, 0.4) is 0 Å². The van der Waals surface area contributed by atoms with Gasteiger partial charge in [0.15, 0.2) is 0 Å². The van der Waals surface area contributed by atoms with E-state index >= 15 is 0 Å². The average molecular weight is 512 g/mol. The summed E-state index contributed by atoms with van der Waals surface area (Å²) in [6.45, 7) is 4.12. The number of pyridine rings is 1. The van der Waals surface area contributed by atoms with Crippen molar-refractivity contribution in [2.45, 2.75) is 32.9 Å². The minimum absolute atomic E-state index is 0.236. The molecule has 1 aliphatic carbocycles. The molecule has 4 aromatic rings. The third kappa shape index (κ3) is 4.39. The molecule has 0 bridgehead atoms. The van der Waals surface area contributed by atoms with E-state index in [0.717, 1.165) is 11.6 Å². The number of carbonyl (C=O) groups is 1. The van der Waals surface area contributed by atoms with Gasteiger partial charge in [0, 0.05) is 10.9 Å². The predicted octanol–water partition coefficient (Wildman–Crippen LogP) is 8.38. The second-order valence-corrected chi connectivity index (χ2v) is 10.1. The number of carboxylic acids is 1. The summed E-state index contributed by atoms with van der Waals surface area (Å²) in [6, 6.07) is 14.0. The molecule has 0 saturated carbocycles. The van der Waals surface area contributed by atoms with E-state index in [0.29, 0.717) is 40.8 Å². The van der Waals surface area contributed by atoms with Crippen LogP contribution in [0, 0.1) is 5.41 Å². The SMILES string of the molecule is CC1(C)C/C(=C\c2ccc(-c3ccc(Cl)c(C(F)(F)F)c3)o2)c2nc3ccccc3c(C(=O)O)c2C1. The summed E-state index contributed by atoms with van der Waals surface area (Å²) >= 11 is 5.74. The van der Waals surface area contributed by atoms with Gasteiger partial charge in [-0.2, -0.15) is 13.2 Å². The van der Waals surface area contributed by atoms with Crippen LogP contribution in [0.25, 0.3) is 33.9 Å². The first-order valence-electron chi connectivity index (χ1n) is 11.3. The number of aromatic nitrogens is 1. The van der Waals surface area contributed by atoms with Crippen LogP contribution in [-0.2, 0) is 12.6 Å². The first kappa shape index (κ1) is 24.1. The zero-order chi connectivity index (χ0) is 25.8. The van der Waals surface area contributed by atoms with Gasteiger partial charge >= 0.3 is 12.1 Å². The van der Waals surface area contributed by atoms with Crippen molar-refractivity contribution in [3.05, 3.63) is 87.8 Å². The molecular formula is C28H21ClF3NO3. The lowest BCUT2D eigenvalue weighted by molar-refractivity contribution is -0.137. The normalized spacial score (nSPS) is 16.3. The number of hydrogen-bond donors (Lipinski definition) is 1. The second-order valence-electron chi connectivity index (χ2n) is 9.72. The Morgan fingerprint density at radius 3 is 2.58 bits per heavy atom. The van der Waals surface area contributed by atoms with Crippen LogP contribution < -0.4 is 0 Å². The van der Waals surface area contributed by atoms with E-state index in [2.05, 4.69) is 13.8 Å². The summed E-state index contributed by atoms with van der Waals surface area (Å²) in [6.07, 6.45) is -1.62. The zero-order valence-corrected chi connectivity index (χ0v) is 20.2. The fourth-order valence-corrected chi connectivity index (χ4v) is 5.07. The Bertz CT molecular complexity index is 1550. The molecule has 0 spiro atoms. The number of fused-ring (bicyclic) bond motifs is 2. The van der Waals surface area contributed by atoms with Gasteiger partial charge in [-0.15, -0.1) is 0 Å². The molecule has 0 amide bonds. The van der Waals surface area contributed by atoms with Crippen LogP contribution in [0.4, 0.5) is 13.2 Å². The zero-order valence-electron chi connectivity index (χ0n) is 19.4. The van der Waals surface area contributed by atoms with Crippen LogP contribution >= 0.6 is 11.6 Å². The lowest BCUT2D eigenvalue weighted by Gasteiger charge is -2.33. The molecule has 2 aromatic carbocycles. The van der Waals surface area contributed by atoms with Crippen LogP contribution in [0.5, 0.6) is 0 Å². The van der Waals surface area contributed by atoms with Crippen molar-refractivity contribution in [3.8, 4) is 11.3 Å². The number of alkyl halides is 3. The summed E-state index contributed by atoms with van der Waals surface area (Å²) in [5, 5.41) is 10.3. The molecule has 2 aromatic heterocycles. The first-order chi connectivity index (χ1) is 16.9. The highest BCUT2D eigenvalue weighted by atomic mass is 35.5. The minimum atomic E-state index is -4.59. The average Bonchev–Trinajstić information content (AvgIpc) is 3.25. The third-order valence-corrected chi connectivity index (χ3v) is 6.66. The Hall–Kier alpha value is -3.58. The Morgan fingerprint density at radius 2 is 1.86 bits per heavy atom. The van der Waals surface area contributed by atoms with Gasteiger partial charge in [0.25, 0.3) is 0 Å². The monoisotopic (exact) mass is 511 g/mol. The smallest absolute Gasteiger partial charge is 0.417 e. The summed E-state index contributed by atoms with van der Waals surface area (Å²) in [4.78, 5) is 17.1. The van der Waals surface area contributed by atoms with Gasteiger partial charge in [0.1, 0.15) is 11.5 Å². The van der Waals surface area contributed by atoms with Crippen LogP contribution in [0.15, 0.2) is 59.0 Å². The number of benzene rings is 2. The lowest BCUT2D eigenvalue weighted by atomic mass is 9.72. The third-order valence-electron chi connectivity index (χ3n) is 6.34. The Morgan fingerprint density at radius 1 is 1.11 bits per heavy atom. The first-order valence-corrected chi connectivity index (χ1v) is 11.6. The molecule has 184 valence electrons. The Balaban J connectivity index is 1.62. The van der Waals surface area contributed by atoms with Gasteiger partial charge in [-0.05, 0) is 71.9 Å². The van der Waals surface area contributed by atoms with E-state index in [1.54, 1.807) is 36.4 Å². The molecule has 36 heavy (non-hydrogen) atoms. The number of nitrogens with zero attached hydrogens (tertiary/aromatic N) is 1. The number of para-hydroxylation sites is 1. The predicted molar refractivity (Wildman–Crippen MR) is 133 cm³/mol. The van der Waals surface area contributed by atoms with Crippen molar-refractivity contribution in [2.24, 2.45) is 5.41 Å². The lowest BCUT2D eigenvalue weighted by Crippen LogP contribution is -2.25. The summed E-state index contributed by atoms with van der Waals surface area (Å²) in [7, 11) is 0. The molecule has 0 aliphatic heterocycles. The van der Waals surface area contributed by atoms with Gasteiger partial charge in [-0.1, -0.05) is 43.6 Å². The van der Waals surface area contributed by atoms with Crippen molar-refractivity contribution >= 4 is 40.1 Å². The van der Waals surface area contributed by atoms with Gasteiger partial charge in [-0.25, -0.2) is 9.78 Å². The number of halogens is 4. The minimum Gasteiger partial charge on any atom is -0.478 e. The maximum absolute atomic E-state index is 13.3. The number of rotatable bonds is 3. The topological polar surface area (TPSA) is 63.3 Å². The van der Waals surface area contributed by atoms with Crippen molar-refractivity contribution < 1.29 is 27.5 Å². The molecule has 1 N–H and O–H groups in total. The van der Waals surface area contributed by atoms with Crippen molar-refractivity contribution in [2.75, 3.05) is 0 Å². The molecular weight excluding hydrogens is 491 g/mol. The van der Waals surface area contributed by atoms with E-state index in [-0.39, 0.29) is 27.3 Å². The number of carboxylic acid groups (broad SMARTS) is 1. The van der Waals surface area contributed by atoms with Crippen LogP contribution in [-0.4, -0.2) is 16.1 Å². The molecule has 4 nitrogen and oxygen atoms in total. The van der Waals surface area contributed by atoms with Crippen molar-refractivity contribution in [1.29, 1.82) is 0 Å². The molecule has 1 aliphatic rings. The fraction of sp³-hybridized carbons (Fsp3) is 0.214. The van der Waals surface area contributed by atoms with Gasteiger partial charge in [-0.3, -0.25) is 0 Å². The largest absolute Gasteiger partial charge is 0.478 e. The van der Waals surface area contributed by atoms with E-state index in [1.165, 1.54) is 12.1 Å². The summed E-state index contributed by atoms with van der Waals surface area (Å²) in [5.74, 6) is -0.318. The quantitative estimate of drug-likeness (QED) is 0.300. The molecule has 0 fully saturated rings. The van der Waals surface area contributed by atoms with Gasteiger partial charge < -0.3 is 9.52 Å². The fourth-order valence-electron chi connectivity index (χ4n) is 4.85. The molecule has 0 saturated heterocycles. The second kappa shape index (κ2) is 8.52. The van der Waals surface area contributed by atoms with E-state index in [4.69, 9.17) is 21.0 Å². The molecule has 0 atom stereocenters. The van der Waals surface area contributed by atoms with E-state index in [9.17, 15) is 23.1 Å². The number of allylic oxidation sites excluding steroid dienone is 1. The van der Waals surface area contributed by atoms with Crippen molar-refractivity contribution in [1.82, 2.24) is 4.98 Å². The molecule has 0 radical (unpaired) electrons. The number of hydrogen-bond acceptors (Lipinski definition) is 3. The maximum Gasteiger partial charge on any atom is 0.417 e. The van der Waals surface area contributed by atoms with E-state index < -0.39 is 17.7 Å². The number of furan rings is 1. The maximum atomic E-state index is 13.3. The molecule has 8 heteroatoms. The molecule has 2 heterocycles. The van der Waals surface area contributed by atoms with Crippen LogP contribution in [0.1, 0.15) is 53.2 Å². The van der Waals surface area contributed by atoms with Gasteiger partial charge in [0.2, 0.25) is 0 Å². The number of aromatic carboxylic acids is 1. The van der Waals surface area contributed by atoms with Gasteiger partial charge in [0.05, 0.1) is 27.4 Å². The Labute approximate surface area is 210 Å². The molecule has 5 rings (SSSR count). The highest BCUT2D eigenvalue weighted by molar-refractivity contribution is 6.31. The highest BCUT2D eigenvalue weighted by Crippen LogP contribution is 2.44. The Kier molecular flexibility index (Phi) is 5.71. The van der Waals surface area contributed by atoms with Crippen molar-refractivity contribution in [3.63, 3.8) is 0 Å². The van der Waals surface area contributed by atoms with E-state index in [1.807, 2.05) is 6.07 Å².